The van der Waals surface area contributed by atoms with Crippen molar-refractivity contribution >= 4 is 5.97 Å². The Hall–Kier alpha value is -2.51. The van der Waals surface area contributed by atoms with Crippen LogP contribution in [0.15, 0.2) is 24.4 Å². The molecule has 0 aliphatic carbocycles. The van der Waals surface area contributed by atoms with Crippen LogP contribution < -0.4 is 4.74 Å². The first-order valence-corrected chi connectivity index (χ1v) is 8.75. The number of benzene rings is 1. The standard InChI is InChI=1S/C19H23F3N2O3/c1-4-13(5-2)11-27-17-7-6-15(19(20,21)22)8-14(17)9-24-10-16(18(25)26)12(3)23-24/h6-8,10,13H,4-5,9,11H2,1-3H3,(H,25,26). The zero-order valence-electron chi connectivity index (χ0n) is 15.5. The SMILES string of the molecule is CCC(CC)COc1ccc(C(F)(F)F)cc1Cn1cc(C(=O)O)c(C)n1. The first-order chi connectivity index (χ1) is 12.7. The van der Waals surface area contributed by atoms with Gasteiger partial charge in [-0.15, -0.1) is 0 Å². The van der Waals surface area contributed by atoms with Crippen molar-refractivity contribution in [3.63, 3.8) is 0 Å². The van der Waals surface area contributed by atoms with E-state index in [1.54, 1.807) is 0 Å². The molecule has 148 valence electrons. The molecule has 0 bridgehead atoms. The van der Waals surface area contributed by atoms with Gasteiger partial charge < -0.3 is 9.84 Å². The molecule has 5 nitrogen and oxygen atoms in total. The van der Waals surface area contributed by atoms with Gasteiger partial charge in [-0.05, 0) is 31.0 Å². The number of alkyl halides is 3. The molecule has 1 N–H and O–H groups in total. The Morgan fingerprint density at radius 3 is 2.48 bits per heavy atom. The lowest BCUT2D eigenvalue weighted by Crippen LogP contribution is -2.13. The van der Waals surface area contributed by atoms with E-state index in [-0.39, 0.29) is 12.1 Å². The largest absolute Gasteiger partial charge is 0.493 e. The van der Waals surface area contributed by atoms with Crippen molar-refractivity contribution in [3.8, 4) is 5.75 Å². The monoisotopic (exact) mass is 384 g/mol. The fraction of sp³-hybridized carbons (Fsp3) is 0.474. The van der Waals surface area contributed by atoms with Gasteiger partial charge in [0.05, 0.1) is 24.4 Å². The van der Waals surface area contributed by atoms with Crippen molar-refractivity contribution in [1.82, 2.24) is 9.78 Å². The second-order valence-electron chi connectivity index (χ2n) is 6.44. The number of halogens is 3. The maximum atomic E-state index is 13.1. The topological polar surface area (TPSA) is 64.3 Å². The summed E-state index contributed by atoms with van der Waals surface area (Å²) in [7, 11) is 0. The first-order valence-electron chi connectivity index (χ1n) is 8.75. The summed E-state index contributed by atoms with van der Waals surface area (Å²) >= 11 is 0. The summed E-state index contributed by atoms with van der Waals surface area (Å²) in [5.74, 6) is -0.473. The summed E-state index contributed by atoms with van der Waals surface area (Å²) < 4.78 is 46.4. The van der Waals surface area contributed by atoms with Crippen molar-refractivity contribution in [3.05, 3.63) is 46.8 Å². The Morgan fingerprint density at radius 2 is 1.96 bits per heavy atom. The average molecular weight is 384 g/mol. The number of carbonyl (C=O) groups is 1. The van der Waals surface area contributed by atoms with E-state index >= 15 is 0 Å². The molecule has 1 aromatic heterocycles. The number of rotatable bonds is 8. The van der Waals surface area contributed by atoms with Gasteiger partial charge in [0.1, 0.15) is 11.3 Å². The fourth-order valence-corrected chi connectivity index (χ4v) is 2.74. The predicted molar refractivity (Wildman–Crippen MR) is 94.0 cm³/mol. The van der Waals surface area contributed by atoms with E-state index in [0.717, 1.165) is 25.0 Å². The highest BCUT2D eigenvalue weighted by Crippen LogP contribution is 2.33. The van der Waals surface area contributed by atoms with Crippen molar-refractivity contribution in [1.29, 1.82) is 0 Å². The number of nitrogens with zero attached hydrogens (tertiary/aromatic N) is 2. The molecule has 0 atom stereocenters. The van der Waals surface area contributed by atoms with Crippen LogP contribution in [0.25, 0.3) is 0 Å². The zero-order chi connectivity index (χ0) is 20.2. The molecule has 8 heteroatoms. The third kappa shape index (κ3) is 5.24. The van der Waals surface area contributed by atoms with Gasteiger partial charge in [-0.1, -0.05) is 26.7 Å². The molecule has 1 aromatic carbocycles. The number of ether oxygens (including phenoxy) is 1. The van der Waals surface area contributed by atoms with Crippen molar-refractivity contribution in [2.45, 2.75) is 46.3 Å². The summed E-state index contributed by atoms with van der Waals surface area (Å²) in [5, 5.41) is 13.2. The minimum Gasteiger partial charge on any atom is -0.493 e. The number of hydrogen-bond donors (Lipinski definition) is 1. The van der Waals surface area contributed by atoms with E-state index in [4.69, 9.17) is 9.84 Å². The van der Waals surface area contributed by atoms with Crippen molar-refractivity contribution < 1.29 is 27.8 Å². The summed E-state index contributed by atoms with van der Waals surface area (Å²) in [6, 6.07) is 3.33. The molecule has 2 rings (SSSR count). The zero-order valence-corrected chi connectivity index (χ0v) is 15.5. The molecule has 27 heavy (non-hydrogen) atoms. The van der Waals surface area contributed by atoms with Crippen LogP contribution in [-0.2, 0) is 12.7 Å². The second-order valence-corrected chi connectivity index (χ2v) is 6.44. The molecule has 0 radical (unpaired) electrons. The molecule has 0 fully saturated rings. The van der Waals surface area contributed by atoms with E-state index in [1.807, 2.05) is 13.8 Å². The summed E-state index contributed by atoms with van der Waals surface area (Å²) in [4.78, 5) is 11.2. The molecule has 0 aliphatic heterocycles. The van der Waals surface area contributed by atoms with E-state index in [2.05, 4.69) is 5.10 Å². The van der Waals surface area contributed by atoms with Gasteiger partial charge in [-0.2, -0.15) is 18.3 Å². The second kappa shape index (κ2) is 8.45. The van der Waals surface area contributed by atoms with Gasteiger partial charge in [0.15, 0.2) is 0 Å². The van der Waals surface area contributed by atoms with Crippen LogP contribution in [0.1, 0.15) is 53.9 Å². The highest BCUT2D eigenvalue weighted by Gasteiger charge is 2.31. The smallest absolute Gasteiger partial charge is 0.416 e. The van der Waals surface area contributed by atoms with Crippen LogP contribution in [0.4, 0.5) is 13.2 Å². The van der Waals surface area contributed by atoms with Crippen LogP contribution in [0.3, 0.4) is 0 Å². The van der Waals surface area contributed by atoms with Crippen LogP contribution in [0.5, 0.6) is 5.75 Å². The third-order valence-corrected chi connectivity index (χ3v) is 4.53. The van der Waals surface area contributed by atoms with Gasteiger partial charge in [0.25, 0.3) is 0 Å². The maximum Gasteiger partial charge on any atom is 0.416 e. The van der Waals surface area contributed by atoms with Crippen molar-refractivity contribution in [2.24, 2.45) is 5.92 Å². The molecule has 1 heterocycles. The number of hydrogen-bond acceptors (Lipinski definition) is 3. The van der Waals surface area contributed by atoms with Crippen LogP contribution >= 0.6 is 0 Å². The minimum absolute atomic E-state index is 0.0153. The lowest BCUT2D eigenvalue weighted by atomic mass is 10.0. The summed E-state index contributed by atoms with van der Waals surface area (Å²) in [5.41, 5.74) is -0.166. The maximum absolute atomic E-state index is 13.1. The number of aromatic carboxylic acids is 1. The van der Waals surface area contributed by atoms with E-state index < -0.39 is 17.7 Å². The highest BCUT2D eigenvalue weighted by atomic mass is 19.4. The van der Waals surface area contributed by atoms with Crippen LogP contribution in [0.2, 0.25) is 0 Å². The number of carboxylic acids is 1. The number of aromatic nitrogens is 2. The Labute approximate surface area is 155 Å². The van der Waals surface area contributed by atoms with Gasteiger partial charge >= 0.3 is 12.1 Å². The Bertz CT molecular complexity index is 796. The molecule has 0 aliphatic rings. The van der Waals surface area contributed by atoms with E-state index in [9.17, 15) is 18.0 Å². The molecule has 0 unspecified atom stereocenters. The predicted octanol–water partition coefficient (Wildman–Crippen LogP) is 4.77. The van der Waals surface area contributed by atoms with Crippen molar-refractivity contribution in [2.75, 3.05) is 6.61 Å². The normalized spacial score (nSPS) is 11.8. The minimum atomic E-state index is -4.48. The molecule has 0 spiro atoms. The summed E-state index contributed by atoms with van der Waals surface area (Å²) in [6.45, 7) is 5.99. The number of aryl methyl sites for hydroxylation is 1. The Morgan fingerprint density at radius 1 is 1.30 bits per heavy atom. The quantitative estimate of drug-likeness (QED) is 0.712. The molecule has 0 saturated carbocycles. The lowest BCUT2D eigenvalue weighted by molar-refractivity contribution is -0.137. The molecule has 0 saturated heterocycles. The van der Waals surface area contributed by atoms with Gasteiger partial charge in [-0.25, -0.2) is 4.79 Å². The molecular weight excluding hydrogens is 361 g/mol. The Kier molecular flexibility index (Phi) is 6.51. The first kappa shape index (κ1) is 20.8. The van der Waals surface area contributed by atoms with Gasteiger partial charge in [0.2, 0.25) is 0 Å². The molecular formula is C19H23F3N2O3. The van der Waals surface area contributed by atoms with E-state index in [0.29, 0.717) is 29.5 Å². The molecule has 2 aromatic rings. The summed E-state index contributed by atoms with van der Waals surface area (Å²) in [6.07, 6.45) is -1.35. The third-order valence-electron chi connectivity index (χ3n) is 4.53. The number of carboxylic acid groups (broad SMARTS) is 1. The van der Waals surface area contributed by atoms with Gasteiger partial charge in [0, 0.05) is 11.8 Å². The lowest BCUT2D eigenvalue weighted by Gasteiger charge is -2.18. The van der Waals surface area contributed by atoms with Crippen LogP contribution in [0, 0.1) is 12.8 Å². The van der Waals surface area contributed by atoms with Gasteiger partial charge in [-0.3, -0.25) is 4.68 Å². The van der Waals surface area contributed by atoms with Crippen LogP contribution in [-0.4, -0.2) is 27.5 Å². The highest BCUT2D eigenvalue weighted by molar-refractivity contribution is 5.88. The average Bonchev–Trinajstić information content (AvgIpc) is 2.96. The Balaban J connectivity index is 2.34. The fourth-order valence-electron chi connectivity index (χ4n) is 2.74. The van der Waals surface area contributed by atoms with E-state index in [1.165, 1.54) is 23.9 Å². The molecule has 0 amide bonds.